The molecule has 2 rings (SSSR count). The summed E-state index contributed by atoms with van der Waals surface area (Å²) >= 11 is 0. The molecule has 0 fully saturated rings. The van der Waals surface area contributed by atoms with E-state index in [1.807, 2.05) is 54.6 Å². The van der Waals surface area contributed by atoms with Gasteiger partial charge in [0.1, 0.15) is 5.75 Å². The highest BCUT2D eigenvalue weighted by molar-refractivity contribution is 6.02. The van der Waals surface area contributed by atoms with Crippen LogP contribution in [0.4, 0.5) is 0 Å². The maximum Gasteiger partial charge on any atom is 0.303 e. The Morgan fingerprint density at radius 3 is 2.12 bits per heavy atom. The van der Waals surface area contributed by atoms with Crippen molar-refractivity contribution in [2.45, 2.75) is 59.3 Å². The van der Waals surface area contributed by atoms with E-state index in [2.05, 4.69) is 45.1 Å². The summed E-state index contributed by atoms with van der Waals surface area (Å²) < 4.78 is 5.60. The van der Waals surface area contributed by atoms with Gasteiger partial charge >= 0.3 is 5.97 Å². The Labute approximate surface area is 190 Å². The van der Waals surface area contributed by atoms with E-state index < -0.39 is 11.9 Å². The van der Waals surface area contributed by atoms with Crippen LogP contribution in [0.3, 0.4) is 0 Å². The van der Waals surface area contributed by atoms with Crippen molar-refractivity contribution in [3.8, 4) is 5.75 Å². The molecule has 6 heteroatoms. The summed E-state index contributed by atoms with van der Waals surface area (Å²) in [4.78, 5) is 23.1. The zero-order valence-electron chi connectivity index (χ0n) is 19.6. The zero-order chi connectivity index (χ0) is 23.8. The number of hydrazone groups is 1. The lowest BCUT2D eigenvalue weighted by molar-refractivity contribution is -0.136. The highest BCUT2D eigenvalue weighted by Gasteiger charge is 2.27. The third-order valence-electron chi connectivity index (χ3n) is 4.98. The highest BCUT2D eigenvalue weighted by atomic mass is 16.5. The van der Waals surface area contributed by atoms with Crippen LogP contribution in [0.15, 0.2) is 59.7 Å². The number of amides is 1. The summed E-state index contributed by atoms with van der Waals surface area (Å²) in [5.41, 5.74) is 5.22. The minimum atomic E-state index is -0.919. The lowest BCUT2D eigenvalue weighted by Gasteiger charge is -2.33. The molecule has 32 heavy (non-hydrogen) atoms. The number of hydrogen-bond acceptors (Lipinski definition) is 4. The number of nitrogens with zero attached hydrogens (tertiary/aromatic N) is 1. The summed E-state index contributed by atoms with van der Waals surface area (Å²) in [7, 11) is 0. The van der Waals surface area contributed by atoms with Crippen molar-refractivity contribution >= 4 is 17.6 Å². The number of carboxylic acids is 1. The second-order valence-electron chi connectivity index (χ2n) is 9.79. The fourth-order valence-corrected chi connectivity index (χ4v) is 3.86. The number of hydrogen-bond donors (Lipinski definition) is 2. The Morgan fingerprint density at radius 1 is 0.938 bits per heavy atom. The molecule has 0 saturated carbocycles. The van der Waals surface area contributed by atoms with Gasteiger partial charge in [-0.05, 0) is 40.5 Å². The average molecular weight is 439 g/mol. The average Bonchev–Trinajstić information content (AvgIpc) is 2.71. The number of nitrogens with one attached hydrogen (secondary N) is 1. The van der Waals surface area contributed by atoms with E-state index in [0.29, 0.717) is 11.5 Å². The quantitative estimate of drug-likeness (QED) is 0.396. The minimum absolute atomic E-state index is 0.0344. The molecule has 0 atom stereocenters. The molecule has 0 aliphatic rings. The van der Waals surface area contributed by atoms with E-state index in [0.717, 1.165) is 12.0 Å². The van der Waals surface area contributed by atoms with Gasteiger partial charge in [0.2, 0.25) is 0 Å². The van der Waals surface area contributed by atoms with Gasteiger partial charge in [-0.1, -0.05) is 77.1 Å². The Bertz CT molecular complexity index is 927. The van der Waals surface area contributed by atoms with Crippen molar-refractivity contribution in [3.63, 3.8) is 0 Å². The molecule has 0 aliphatic carbocycles. The second-order valence-corrected chi connectivity index (χ2v) is 9.79. The van der Waals surface area contributed by atoms with Crippen molar-refractivity contribution in [2.24, 2.45) is 10.5 Å². The molecule has 0 saturated heterocycles. The molecule has 6 nitrogen and oxygen atoms in total. The molecule has 2 aromatic rings. The molecule has 2 N–H and O–H groups in total. The van der Waals surface area contributed by atoms with Crippen molar-refractivity contribution in [1.29, 1.82) is 0 Å². The normalized spacial score (nSPS) is 12.3. The molecule has 2 aromatic carbocycles. The molecule has 0 radical (unpaired) electrons. The highest BCUT2D eigenvalue weighted by Crippen LogP contribution is 2.36. The van der Waals surface area contributed by atoms with Gasteiger partial charge in [0.05, 0.1) is 12.1 Å². The molecule has 172 valence electrons. The molecule has 0 aromatic heterocycles. The number of carboxylic acid groups (broad SMARTS) is 1. The Kier molecular flexibility index (Phi) is 8.58. The molecular weight excluding hydrogens is 404 g/mol. The molecule has 0 bridgehead atoms. The van der Waals surface area contributed by atoms with Gasteiger partial charge in [-0.25, -0.2) is 5.43 Å². The molecule has 0 heterocycles. The van der Waals surface area contributed by atoms with E-state index >= 15 is 0 Å². The van der Waals surface area contributed by atoms with Crippen LogP contribution < -0.4 is 10.2 Å². The molecular formula is C26H34N2O4. The number of rotatable bonds is 10. The first kappa shape index (κ1) is 25.1. The predicted molar refractivity (Wildman–Crippen MR) is 127 cm³/mol. The maximum atomic E-state index is 12.2. The Hall–Kier alpha value is -3.15. The largest absolute Gasteiger partial charge is 0.484 e. The van der Waals surface area contributed by atoms with Crippen LogP contribution >= 0.6 is 0 Å². The topological polar surface area (TPSA) is 88.0 Å². The third-order valence-corrected chi connectivity index (χ3v) is 4.98. The Morgan fingerprint density at radius 2 is 1.56 bits per heavy atom. The van der Waals surface area contributed by atoms with Crippen molar-refractivity contribution in [2.75, 3.05) is 6.61 Å². The standard InChI is InChI=1S/C26H34N2O4/c1-25(2,3)18-26(4,5)20-11-13-21(14-12-20)32-17-23(29)28-27-22(15-16-24(30)31)19-9-7-6-8-10-19/h6-14H,15-18H2,1-5H3,(H,28,29)(H,30,31)/b27-22+. The Balaban J connectivity index is 1.95. The predicted octanol–water partition coefficient (Wildman–Crippen LogP) is 5.16. The summed E-state index contributed by atoms with van der Waals surface area (Å²) in [6.07, 6.45) is 1.19. The summed E-state index contributed by atoms with van der Waals surface area (Å²) in [5.74, 6) is -0.725. The van der Waals surface area contributed by atoms with Crippen LogP contribution in [0.2, 0.25) is 0 Å². The van der Waals surface area contributed by atoms with Crippen LogP contribution in [0, 0.1) is 5.41 Å². The number of benzene rings is 2. The van der Waals surface area contributed by atoms with Gasteiger partial charge in [-0.2, -0.15) is 5.10 Å². The van der Waals surface area contributed by atoms with Crippen LogP contribution in [0.1, 0.15) is 65.0 Å². The summed E-state index contributed by atoms with van der Waals surface area (Å²) in [6.45, 7) is 11.0. The number of carbonyl (C=O) groups excluding carboxylic acids is 1. The van der Waals surface area contributed by atoms with E-state index in [4.69, 9.17) is 9.84 Å². The fraction of sp³-hybridized carbons (Fsp3) is 0.423. The number of aliphatic carboxylic acids is 1. The molecule has 0 spiro atoms. The number of ether oxygens (including phenoxy) is 1. The lowest BCUT2D eigenvalue weighted by Crippen LogP contribution is -2.26. The maximum absolute atomic E-state index is 12.2. The minimum Gasteiger partial charge on any atom is -0.484 e. The first-order valence-electron chi connectivity index (χ1n) is 10.8. The van der Waals surface area contributed by atoms with Crippen molar-refractivity contribution in [1.82, 2.24) is 5.43 Å². The van der Waals surface area contributed by atoms with Crippen LogP contribution in [0.25, 0.3) is 0 Å². The van der Waals surface area contributed by atoms with Gasteiger partial charge in [-0.3, -0.25) is 9.59 Å². The second kappa shape index (κ2) is 10.9. The molecule has 0 unspecified atom stereocenters. The number of carbonyl (C=O) groups is 2. The van der Waals surface area contributed by atoms with Crippen LogP contribution in [0.5, 0.6) is 5.75 Å². The van der Waals surface area contributed by atoms with Gasteiger partial charge in [0, 0.05) is 6.42 Å². The van der Waals surface area contributed by atoms with Crippen LogP contribution in [-0.4, -0.2) is 29.3 Å². The van der Waals surface area contributed by atoms with Gasteiger partial charge in [-0.15, -0.1) is 0 Å². The first-order chi connectivity index (χ1) is 15.0. The molecule has 1 amide bonds. The van der Waals surface area contributed by atoms with Crippen LogP contribution in [-0.2, 0) is 15.0 Å². The van der Waals surface area contributed by atoms with E-state index in [1.165, 1.54) is 5.56 Å². The first-order valence-corrected chi connectivity index (χ1v) is 10.8. The van der Waals surface area contributed by atoms with E-state index in [-0.39, 0.29) is 30.3 Å². The van der Waals surface area contributed by atoms with Gasteiger partial charge in [0.15, 0.2) is 6.61 Å². The summed E-state index contributed by atoms with van der Waals surface area (Å²) in [6, 6.07) is 17.0. The summed E-state index contributed by atoms with van der Waals surface area (Å²) in [5, 5.41) is 13.1. The van der Waals surface area contributed by atoms with E-state index in [1.54, 1.807) is 0 Å². The zero-order valence-corrected chi connectivity index (χ0v) is 19.6. The van der Waals surface area contributed by atoms with Gasteiger partial charge in [0.25, 0.3) is 5.91 Å². The third kappa shape index (κ3) is 8.53. The molecule has 0 aliphatic heterocycles. The monoisotopic (exact) mass is 438 g/mol. The SMILES string of the molecule is CC(C)(C)CC(C)(C)c1ccc(OCC(=O)N/N=C(\CCC(=O)O)c2ccccc2)cc1. The lowest BCUT2D eigenvalue weighted by atomic mass is 9.72. The fourth-order valence-electron chi connectivity index (χ4n) is 3.86. The van der Waals surface area contributed by atoms with Crippen molar-refractivity contribution < 1.29 is 19.4 Å². The smallest absolute Gasteiger partial charge is 0.303 e. The van der Waals surface area contributed by atoms with Gasteiger partial charge < -0.3 is 9.84 Å². The van der Waals surface area contributed by atoms with E-state index in [9.17, 15) is 9.59 Å². The van der Waals surface area contributed by atoms with Crippen molar-refractivity contribution in [3.05, 3.63) is 65.7 Å².